The molecule has 3 amide bonds. The van der Waals surface area contributed by atoms with Crippen LogP contribution in [0.15, 0.2) is 0 Å². The second-order valence-corrected chi connectivity index (χ2v) is 5.03. The molecule has 0 bridgehead atoms. The lowest BCUT2D eigenvalue weighted by molar-refractivity contribution is -0.129. The number of piperidine rings is 1. The average molecular weight is 255 g/mol. The number of amides is 3. The van der Waals surface area contributed by atoms with Crippen LogP contribution >= 0.6 is 0 Å². The van der Waals surface area contributed by atoms with E-state index >= 15 is 0 Å². The third-order valence-electron chi connectivity index (χ3n) is 3.66. The first kappa shape index (κ1) is 13.3. The predicted octanol–water partition coefficient (Wildman–Crippen LogP) is -0.367. The first-order chi connectivity index (χ1) is 8.70. The molecule has 0 aromatic rings. The maximum atomic E-state index is 12.0. The minimum atomic E-state index is -0.274. The largest absolute Gasteiger partial charge is 0.396 e. The zero-order valence-corrected chi connectivity index (χ0v) is 10.6. The maximum absolute atomic E-state index is 12.0. The Hall–Kier alpha value is -1.14. The van der Waals surface area contributed by atoms with Crippen LogP contribution in [0.3, 0.4) is 0 Å². The van der Waals surface area contributed by atoms with E-state index in [0.29, 0.717) is 25.6 Å². The summed E-state index contributed by atoms with van der Waals surface area (Å²) < 4.78 is 0. The summed E-state index contributed by atoms with van der Waals surface area (Å²) in [5.41, 5.74) is 0. The van der Waals surface area contributed by atoms with Crippen LogP contribution in [0.5, 0.6) is 0 Å². The zero-order valence-electron chi connectivity index (χ0n) is 10.6. The summed E-state index contributed by atoms with van der Waals surface area (Å²) in [6, 6.07) is -0.274. The number of aliphatic hydroxyl groups is 1. The van der Waals surface area contributed by atoms with Gasteiger partial charge in [-0.25, -0.2) is 4.79 Å². The van der Waals surface area contributed by atoms with Gasteiger partial charge in [-0.05, 0) is 31.7 Å². The molecule has 0 aromatic carbocycles. The number of aliphatic hydroxyl groups excluding tert-OH is 1. The molecule has 2 aliphatic rings. The predicted molar refractivity (Wildman–Crippen MR) is 66.0 cm³/mol. The number of hydrogen-bond acceptors (Lipinski definition) is 4. The van der Waals surface area contributed by atoms with Crippen LogP contribution in [0.1, 0.15) is 19.3 Å². The van der Waals surface area contributed by atoms with Crippen molar-refractivity contribution in [2.75, 3.05) is 39.3 Å². The summed E-state index contributed by atoms with van der Waals surface area (Å²) >= 11 is 0. The molecule has 6 heteroatoms. The van der Waals surface area contributed by atoms with Gasteiger partial charge < -0.3 is 10.4 Å². The van der Waals surface area contributed by atoms with Gasteiger partial charge >= 0.3 is 6.03 Å². The van der Waals surface area contributed by atoms with E-state index in [1.807, 2.05) is 0 Å². The molecule has 2 heterocycles. The average Bonchev–Trinajstić information content (AvgIpc) is 2.76. The number of carbonyl (C=O) groups is 2. The smallest absolute Gasteiger partial charge is 0.324 e. The van der Waals surface area contributed by atoms with Gasteiger partial charge in [0, 0.05) is 26.2 Å². The van der Waals surface area contributed by atoms with Crippen LogP contribution in [-0.4, -0.2) is 66.2 Å². The molecule has 6 nitrogen and oxygen atoms in total. The van der Waals surface area contributed by atoms with Crippen molar-refractivity contribution in [1.29, 1.82) is 0 Å². The molecule has 2 aliphatic heterocycles. The van der Waals surface area contributed by atoms with Crippen LogP contribution in [0.4, 0.5) is 4.79 Å². The molecule has 0 radical (unpaired) electrons. The molecule has 0 saturated carbocycles. The van der Waals surface area contributed by atoms with Gasteiger partial charge in [-0.1, -0.05) is 0 Å². The minimum absolute atomic E-state index is 0.116. The van der Waals surface area contributed by atoms with Crippen LogP contribution < -0.4 is 5.32 Å². The van der Waals surface area contributed by atoms with Crippen LogP contribution in [0.25, 0.3) is 0 Å². The van der Waals surface area contributed by atoms with Gasteiger partial charge in [-0.15, -0.1) is 0 Å². The molecular formula is C12H21N3O3. The number of carbonyl (C=O) groups excluding carboxylic acids is 2. The second-order valence-electron chi connectivity index (χ2n) is 5.03. The molecule has 2 N–H and O–H groups in total. The number of urea groups is 1. The number of imide groups is 1. The van der Waals surface area contributed by atoms with Crippen molar-refractivity contribution in [3.05, 3.63) is 0 Å². The normalized spacial score (nSPS) is 25.3. The van der Waals surface area contributed by atoms with Gasteiger partial charge in [-0.3, -0.25) is 14.6 Å². The summed E-state index contributed by atoms with van der Waals surface area (Å²) in [7, 11) is 0. The molecule has 0 aromatic heterocycles. The lowest BCUT2D eigenvalue weighted by Gasteiger charge is -2.32. The maximum Gasteiger partial charge on any atom is 0.324 e. The Morgan fingerprint density at radius 1 is 1.44 bits per heavy atom. The topological polar surface area (TPSA) is 72.9 Å². The molecule has 0 aliphatic carbocycles. The van der Waals surface area contributed by atoms with Crippen molar-refractivity contribution in [2.45, 2.75) is 19.3 Å². The third kappa shape index (κ3) is 3.20. The molecule has 2 rings (SSSR count). The fourth-order valence-electron chi connectivity index (χ4n) is 2.70. The summed E-state index contributed by atoms with van der Waals surface area (Å²) in [5.74, 6) is 0.360. The number of nitrogens with one attached hydrogen (secondary N) is 1. The van der Waals surface area contributed by atoms with E-state index in [2.05, 4.69) is 10.2 Å². The van der Waals surface area contributed by atoms with E-state index in [-0.39, 0.29) is 18.5 Å². The van der Waals surface area contributed by atoms with Crippen LogP contribution in [0, 0.1) is 5.92 Å². The van der Waals surface area contributed by atoms with Crippen LogP contribution in [0.2, 0.25) is 0 Å². The number of nitrogens with zero attached hydrogens (tertiary/aromatic N) is 2. The van der Waals surface area contributed by atoms with Gasteiger partial charge in [0.25, 0.3) is 0 Å². The number of hydrogen-bond donors (Lipinski definition) is 2. The van der Waals surface area contributed by atoms with Gasteiger partial charge in [-0.2, -0.15) is 0 Å². The Labute approximate surface area is 107 Å². The second kappa shape index (κ2) is 6.15. The highest BCUT2D eigenvalue weighted by Gasteiger charge is 2.28. The molecule has 2 saturated heterocycles. The fourth-order valence-corrected chi connectivity index (χ4v) is 2.70. The summed E-state index contributed by atoms with van der Waals surface area (Å²) in [6.07, 6.45) is 2.98. The Kier molecular flexibility index (Phi) is 4.54. The molecule has 0 spiro atoms. The first-order valence-corrected chi connectivity index (χ1v) is 6.62. The van der Waals surface area contributed by atoms with E-state index < -0.39 is 0 Å². The molecule has 18 heavy (non-hydrogen) atoms. The summed E-state index contributed by atoms with van der Waals surface area (Å²) in [5, 5.41) is 11.6. The summed E-state index contributed by atoms with van der Waals surface area (Å²) in [6.45, 7) is 3.31. The van der Waals surface area contributed by atoms with Gasteiger partial charge in [0.1, 0.15) is 0 Å². The highest BCUT2D eigenvalue weighted by molar-refractivity contribution is 5.96. The Balaban J connectivity index is 1.81. The molecule has 2 fully saturated rings. The Morgan fingerprint density at radius 3 is 2.94 bits per heavy atom. The van der Waals surface area contributed by atoms with E-state index in [9.17, 15) is 9.59 Å². The lowest BCUT2D eigenvalue weighted by atomic mass is 9.95. The van der Waals surface area contributed by atoms with Crippen molar-refractivity contribution in [3.63, 3.8) is 0 Å². The first-order valence-electron chi connectivity index (χ1n) is 6.62. The molecule has 1 atom stereocenters. The lowest BCUT2D eigenvalue weighted by Crippen LogP contribution is -2.45. The van der Waals surface area contributed by atoms with E-state index in [0.717, 1.165) is 32.4 Å². The Morgan fingerprint density at radius 2 is 2.28 bits per heavy atom. The van der Waals surface area contributed by atoms with Crippen molar-refractivity contribution in [3.8, 4) is 0 Å². The quantitative estimate of drug-likeness (QED) is 0.719. The zero-order chi connectivity index (χ0) is 13.0. The third-order valence-corrected chi connectivity index (χ3v) is 3.66. The van der Waals surface area contributed by atoms with Crippen molar-refractivity contribution in [1.82, 2.24) is 15.1 Å². The van der Waals surface area contributed by atoms with E-state index in [4.69, 9.17) is 5.11 Å². The van der Waals surface area contributed by atoms with Crippen molar-refractivity contribution in [2.24, 2.45) is 5.92 Å². The number of rotatable bonds is 4. The van der Waals surface area contributed by atoms with Gasteiger partial charge in [0.05, 0.1) is 6.54 Å². The van der Waals surface area contributed by atoms with Crippen molar-refractivity contribution >= 4 is 11.9 Å². The highest BCUT2D eigenvalue weighted by Crippen LogP contribution is 2.19. The highest BCUT2D eigenvalue weighted by atomic mass is 16.3. The van der Waals surface area contributed by atoms with Crippen LogP contribution in [-0.2, 0) is 4.79 Å². The SMILES string of the molecule is O=C(CN1CCCC(CCO)C1)N1CCNC1=O. The standard InChI is InChI=1S/C12H21N3O3/c16-7-3-10-2-1-5-14(8-10)9-11(17)15-6-4-13-12(15)18/h10,16H,1-9H2,(H,13,18). The summed E-state index contributed by atoms with van der Waals surface area (Å²) in [4.78, 5) is 26.7. The van der Waals surface area contributed by atoms with Crippen molar-refractivity contribution < 1.29 is 14.7 Å². The Bertz CT molecular complexity index is 320. The monoisotopic (exact) mass is 255 g/mol. The number of likely N-dealkylation sites (tertiary alicyclic amines) is 1. The van der Waals surface area contributed by atoms with E-state index in [1.165, 1.54) is 4.90 Å². The minimum Gasteiger partial charge on any atom is -0.396 e. The fraction of sp³-hybridized carbons (Fsp3) is 0.833. The molecular weight excluding hydrogens is 234 g/mol. The molecule has 1 unspecified atom stereocenters. The van der Waals surface area contributed by atoms with E-state index in [1.54, 1.807) is 0 Å². The van der Waals surface area contributed by atoms with Gasteiger partial charge in [0.2, 0.25) is 5.91 Å². The van der Waals surface area contributed by atoms with Gasteiger partial charge in [0.15, 0.2) is 0 Å². The molecule has 102 valence electrons.